The summed E-state index contributed by atoms with van der Waals surface area (Å²) in [6, 6.07) is 8.00. The normalized spacial score (nSPS) is 11.5. The number of amides is 1. The molecule has 136 valence electrons. The van der Waals surface area contributed by atoms with Gasteiger partial charge in [0.15, 0.2) is 0 Å². The fraction of sp³-hybridized carbons (Fsp3) is 0.476. The topological polar surface area (TPSA) is 43.3 Å². The highest BCUT2D eigenvalue weighted by Crippen LogP contribution is 2.25. The number of hydrogen-bond donors (Lipinski definition) is 1. The second-order valence-electron chi connectivity index (χ2n) is 7.53. The fourth-order valence-corrected chi connectivity index (χ4v) is 3.31. The number of carbonyl (C=O) groups is 1. The van der Waals surface area contributed by atoms with E-state index in [1.165, 1.54) is 5.56 Å². The largest absolute Gasteiger partial charge is 0.497 e. The summed E-state index contributed by atoms with van der Waals surface area (Å²) in [7, 11) is 1.67. The van der Waals surface area contributed by atoms with Crippen molar-refractivity contribution in [1.29, 1.82) is 0 Å². The summed E-state index contributed by atoms with van der Waals surface area (Å²) < 4.78 is 7.46. The van der Waals surface area contributed by atoms with E-state index >= 15 is 0 Å². The van der Waals surface area contributed by atoms with Crippen molar-refractivity contribution >= 4 is 5.91 Å². The number of nitrogens with one attached hydrogen (secondary N) is 1. The maximum absolute atomic E-state index is 12.9. The Labute approximate surface area is 151 Å². The van der Waals surface area contributed by atoms with Crippen LogP contribution in [0.2, 0.25) is 0 Å². The smallest absolute Gasteiger partial charge is 0.268 e. The summed E-state index contributed by atoms with van der Waals surface area (Å²) >= 11 is 0. The first-order valence-electron chi connectivity index (χ1n) is 8.82. The maximum Gasteiger partial charge on any atom is 0.268 e. The lowest BCUT2D eigenvalue weighted by Gasteiger charge is -2.22. The fourth-order valence-electron chi connectivity index (χ4n) is 3.31. The minimum atomic E-state index is -0.269. The van der Waals surface area contributed by atoms with Crippen LogP contribution in [0.4, 0.5) is 0 Å². The van der Waals surface area contributed by atoms with Crippen molar-refractivity contribution < 1.29 is 9.53 Å². The summed E-state index contributed by atoms with van der Waals surface area (Å²) in [5.74, 6) is 0.811. The Bertz CT molecular complexity index is 767. The van der Waals surface area contributed by atoms with E-state index in [9.17, 15) is 4.79 Å². The number of carbonyl (C=O) groups excluding carboxylic acids is 1. The van der Waals surface area contributed by atoms with Crippen molar-refractivity contribution in [2.24, 2.45) is 0 Å². The Morgan fingerprint density at radius 2 is 1.92 bits per heavy atom. The van der Waals surface area contributed by atoms with Crippen molar-refractivity contribution in [2.45, 2.75) is 60.0 Å². The van der Waals surface area contributed by atoms with Crippen LogP contribution in [0.1, 0.15) is 60.6 Å². The number of hydrogen-bond acceptors (Lipinski definition) is 2. The summed E-state index contributed by atoms with van der Waals surface area (Å²) in [4.78, 5) is 12.9. The van der Waals surface area contributed by atoms with E-state index < -0.39 is 0 Å². The second-order valence-corrected chi connectivity index (χ2v) is 7.53. The van der Waals surface area contributed by atoms with E-state index in [0.29, 0.717) is 6.54 Å². The molecule has 1 aromatic heterocycles. The van der Waals surface area contributed by atoms with Crippen molar-refractivity contribution in [3.05, 3.63) is 52.3 Å². The van der Waals surface area contributed by atoms with Gasteiger partial charge in [0.25, 0.3) is 5.91 Å². The van der Waals surface area contributed by atoms with Gasteiger partial charge in [-0.2, -0.15) is 0 Å². The van der Waals surface area contributed by atoms with Crippen LogP contribution in [0, 0.1) is 13.8 Å². The number of rotatable bonds is 5. The lowest BCUT2D eigenvalue weighted by atomic mass is 10.1. The van der Waals surface area contributed by atoms with E-state index in [1.807, 2.05) is 45.9 Å². The van der Waals surface area contributed by atoms with Gasteiger partial charge in [-0.15, -0.1) is 0 Å². The average Bonchev–Trinajstić information content (AvgIpc) is 2.76. The Balaban J connectivity index is 2.50. The van der Waals surface area contributed by atoms with Gasteiger partial charge in [-0.05, 0) is 69.9 Å². The summed E-state index contributed by atoms with van der Waals surface area (Å²) in [6.45, 7) is 12.9. The van der Waals surface area contributed by atoms with Crippen LogP contribution in [-0.4, -0.2) is 23.1 Å². The molecule has 0 spiro atoms. The van der Waals surface area contributed by atoms with Gasteiger partial charge < -0.3 is 14.6 Å². The van der Waals surface area contributed by atoms with E-state index in [4.69, 9.17) is 4.74 Å². The number of methoxy groups -OCH3 is 1. The quantitative estimate of drug-likeness (QED) is 0.882. The number of aromatic nitrogens is 1. The molecular weight excluding hydrogens is 312 g/mol. The molecule has 4 nitrogen and oxygen atoms in total. The minimum Gasteiger partial charge on any atom is -0.497 e. The van der Waals surface area contributed by atoms with Gasteiger partial charge in [-0.3, -0.25) is 4.79 Å². The number of nitrogens with zero attached hydrogens (tertiary/aromatic N) is 1. The van der Waals surface area contributed by atoms with Gasteiger partial charge in [-0.25, -0.2) is 0 Å². The Morgan fingerprint density at radius 3 is 2.48 bits per heavy atom. The molecule has 0 radical (unpaired) electrons. The molecule has 0 aliphatic rings. The van der Waals surface area contributed by atoms with Gasteiger partial charge in [0.2, 0.25) is 0 Å². The molecular formula is C21H30N2O2. The first kappa shape index (κ1) is 19.1. The predicted octanol–water partition coefficient (Wildman–Crippen LogP) is 4.25. The molecule has 2 rings (SSSR count). The summed E-state index contributed by atoms with van der Waals surface area (Å²) in [5.41, 5.74) is 5.08. The minimum absolute atomic E-state index is 0.0179. The van der Waals surface area contributed by atoms with E-state index in [-0.39, 0.29) is 11.4 Å². The molecule has 0 aliphatic heterocycles. The summed E-state index contributed by atoms with van der Waals surface area (Å²) in [6.07, 6.45) is 0.915. The first-order chi connectivity index (χ1) is 11.7. The van der Waals surface area contributed by atoms with Crippen LogP contribution in [0.3, 0.4) is 0 Å². The van der Waals surface area contributed by atoms with Crippen molar-refractivity contribution in [3.8, 4) is 5.75 Å². The van der Waals surface area contributed by atoms with Crippen molar-refractivity contribution in [1.82, 2.24) is 9.88 Å². The number of benzene rings is 1. The van der Waals surface area contributed by atoms with Crippen LogP contribution < -0.4 is 10.1 Å². The SMILES string of the molecule is CCc1c(C)c(C(=O)NC(C)(C)C)n(Cc2cccc(OC)c2)c1C. The lowest BCUT2D eigenvalue weighted by Crippen LogP contribution is -2.41. The zero-order chi connectivity index (χ0) is 18.8. The molecule has 1 aromatic carbocycles. The van der Waals surface area contributed by atoms with Crippen LogP contribution >= 0.6 is 0 Å². The second kappa shape index (κ2) is 7.34. The zero-order valence-corrected chi connectivity index (χ0v) is 16.5. The summed E-state index contributed by atoms with van der Waals surface area (Å²) in [5, 5.41) is 3.11. The maximum atomic E-state index is 12.9. The molecule has 1 N–H and O–H groups in total. The molecule has 1 amide bonds. The molecule has 25 heavy (non-hydrogen) atoms. The van der Waals surface area contributed by atoms with Crippen LogP contribution in [0.5, 0.6) is 5.75 Å². The monoisotopic (exact) mass is 342 g/mol. The molecule has 4 heteroatoms. The van der Waals surface area contributed by atoms with Gasteiger partial charge in [0.05, 0.1) is 7.11 Å². The van der Waals surface area contributed by atoms with Gasteiger partial charge in [0.1, 0.15) is 11.4 Å². The molecule has 0 saturated carbocycles. The molecule has 2 aromatic rings. The Morgan fingerprint density at radius 1 is 1.24 bits per heavy atom. The Kier molecular flexibility index (Phi) is 5.61. The molecule has 0 fully saturated rings. The third-order valence-electron chi connectivity index (χ3n) is 4.45. The van der Waals surface area contributed by atoms with Gasteiger partial charge in [0, 0.05) is 17.8 Å². The van der Waals surface area contributed by atoms with Gasteiger partial charge >= 0.3 is 0 Å². The molecule has 0 atom stereocenters. The van der Waals surface area contributed by atoms with Crippen LogP contribution in [0.25, 0.3) is 0 Å². The molecule has 1 heterocycles. The Hall–Kier alpha value is -2.23. The third kappa shape index (κ3) is 4.25. The highest BCUT2D eigenvalue weighted by molar-refractivity contribution is 5.95. The first-order valence-corrected chi connectivity index (χ1v) is 8.82. The highest BCUT2D eigenvalue weighted by atomic mass is 16.5. The predicted molar refractivity (Wildman–Crippen MR) is 103 cm³/mol. The number of ether oxygens (including phenoxy) is 1. The third-order valence-corrected chi connectivity index (χ3v) is 4.45. The van der Waals surface area contributed by atoms with Crippen LogP contribution in [-0.2, 0) is 13.0 Å². The van der Waals surface area contributed by atoms with E-state index in [0.717, 1.165) is 34.7 Å². The van der Waals surface area contributed by atoms with Crippen molar-refractivity contribution in [2.75, 3.05) is 7.11 Å². The molecule has 0 bridgehead atoms. The molecule has 0 aliphatic carbocycles. The van der Waals surface area contributed by atoms with Crippen molar-refractivity contribution in [3.63, 3.8) is 0 Å². The van der Waals surface area contributed by atoms with Crippen LogP contribution in [0.15, 0.2) is 24.3 Å². The average molecular weight is 342 g/mol. The molecule has 0 unspecified atom stereocenters. The van der Waals surface area contributed by atoms with E-state index in [1.54, 1.807) is 7.11 Å². The lowest BCUT2D eigenvalue weighted by molar-refractivity contribution is 0.0909. The zero-order valence-electron chi connectivity index (χ0n) is 16.5. The van der Waals surface area contributed by atoms with E-state index in [2.05, 4.69) is 29.8 Å². The molecule has 0 saturated heterocycles. The highest BCUT2D eigenvalue weighted by Gasteiger charge is 2.24. The standard InChI is InChI=1S/C21H30N2O2/c1-8-18-14(2)19(20(24)22-21(4,5)6)23(15(18)3)13-16-10-9-11-17(12-16)25-7/h9-12H,8,13H2,1-7H3,(H,22,24). The van der Waals surface area contributed by atoms with Gasteiger partial charge in [-0.1, -0.05) is 19.1 Å².